The molecule has 0 fully saturated rings. The van der Waals surface area contributed by atoms with Gasteiger partial charge >= 0.3 is 12.6 Å². The summed E-state index contributed by atoms with van der Waals surface area (Å²) in [4.78, 5) is 35.2. The first-order chi connectivity index (χ1) is 13.3. The van der Waals surface area contributed by atoms with E-state index in [0.29, 0.717) is 5.56 Å². The average Bonchev–Trinajstić information content (AvgIpc) is 2.67. The van der Waals surface area contributed by atoms with Crippen LogP contribution in [-0.4, -0.2) is 37.5 Å². The number of carbonyl (C=O) groups excluding carboxylic acids is 3. The van der Waals surface area contributed by atoms with Crippen LogP contribution in [0.5, 0.6) is 5.75 Å². The lowest BCUT2D eigenvalue weighted by molar-refractivity contribution is -0.146. The zero-order valence-electron chi connectivity index (χ0n) is 14.3. The predicted octanol–water partition coefficient (Wildman–Crippen LogP) is 2.85. The molecule has 0 aromatic heterocycles. The Labute approximate surface area is 163 Å². The summed E-state index contributed by atoms with van der Waals surface area (Å²) in [6.07, 6.45) is 0. The van der Waals surface area contributed by atoms with Crippen molar-refractivity contribution >= 4 is 35.1 Å². The normalized spacial score (nSPS) is 10.3. The quantitative estimate of drug-likeness (QED) is 0.650. The summed E-state index contributed by atoms with van der Waals surface area (Å²) in [7, 11) is 0. The Bertz CT molecular complexity index is 849. The van der Waals surface area contributed by atoms with Gasteiger partial charge in [0.25, 0.3) is 11.8 Å². The van der Waals surface area contributed by atoms with Crippen LogP contribution < -0.4 is 15.4 Å². The fraction of sp³-hybridized carbons (Fsp3) is 0.167. The topological polar surface area (TPSA) is 93.7 Å². The van der Waals surface area contributed by atoms with E-state index in [1.54, 1.807) is 30.3 Å². The molecule has 2 N–H and O–H groups in total. The zero-order valence-corrected chi connectivity index (χ0v) is 15.0. The first-order valence-corrected chi connectivity index (χ1v) is 8.26. The number of hydrogen-bond donors (Lipinski definition) is 2. The van der Waals surface area contributed by atoms with E-state index in [9.17, 15) is 23.2 Å². The molecule has 0 bridgehead atoms. The van der Waals surface area contributed by atoms with Crippen LogP contribution in [0.1, 0.15) is 10.4 Å². The number of ether oxygens (including phenoxy) is 2. The van der Waals surface area contributed by atoms with E-state index in [1.165, 1.54) is 12.1 Å². The van der Waals surface area contributed by atoms with Gasteiger partial charge in [-0.25, -0.2) is 0 Å². The van der Waals surface area contributed by atoms with Crippen molar-refractivity contribution in [3.05, 3.63) is 59.1 Å². The van der Waals surface area contributed by atoms with Gasteiger partial charge < -0.3 is 20.1 Å². The van der Waals surface area contributed by atoms with Crippen LogP contribution in [0.15, 0.2) is 48.5 Å². The maximum absolute atomic E-state index is 12.2. The van der Waals surface area contributed by atoms with Crippen LogP contribution in [0.2, 0.25) is 5.02 Å². The molecular formula is C18H15ClF2N2O5. The van der Waals surface area contributed by atoms with Crippen LogP contribution in [0.25, 0.3) is 0 Å². The molecular weight excluding hydrogens is 398 g/mol. The van der Waals surface area contributed by atoms with Crippen molar-refractivity contribution in [3.63, 3.8) is 0 Å². The maximum atomic E-state index is 12.2. The Morgan fingerprint density at radius 1 is 1.07 bits per heavy atom. The highest BCUT2D eigenvalue weighted by Crippen LogP contribution is 2.28. The number of carbonyl (C=O) groups is 3. The highest BCUT2D eigenvalue weighted by atomic mass is 35.5. The maximum Gasteiger partial charge on any atom is 0.387 e. The second kappa shape index (κ2) is 10.2. The van der Waals surface area contributed by atoms with E-state index in [1.807, 2.05) is 0 Å². The third-order valence-electron chi connectivity index (χ3n) is 3.23. The van der Waals surface area contributed by atoms with E-state index >= 15 is 0 Å². The van der Waals surface area contributed by atoms with Crippen molar-refractivity contribution in [2.24, 2.45) is 0 Å². The van der Waals surface area contributed by atoms with Gasteiger partial charge in [-0.3, -0.25) is 14.4 Å². The van der Waals surface area contributed by atoms with E-state index in [2.05, 4.69) is 15.4 Å². The minimum absolute atomic E-state index is 0.126. The summed E-state index contributed by atoms with van der Waals surface area (Å²) >= 11 is 5.77. The number of rotatable bonds is 8. The monoisotopic (exact) mass is 412 g/mol. The summed E-state index contributed by atoms with van der Waals surface area (Å²) in [6.45, 7) is -4.04. The summed E-state index contributed by atoms with van der Waals surface area (Å²) in [5.74, 6) is -2.18. The van der Waals surface area contributed by atoms with E-state index in [-0.39, 0.29) is 16.5 Å². The molecule has 0 aliphatic rings. The second-order valence-electron chi connectivity index (χ2n) is 5.28. The summed E-state index contributed by atoms with van der Waals surface area (Å²) in [5.41, 5.74) is 0.578. The lowest BCUT2D eigenvalue weighted by atomic mass is 10.2. The summed E-state index contributed by atoms with van der Waals surface area (Å²) in [6, 6.07) is 11.9. The molecule has 0 unspecified atom stereocenters. The van der Waals surface area contributed by atoms with E-state index in [0.717, 1.165) is 6.07 Å². The van der Waals surface area contributed by atoms with Crippen molar-refractivity contribution in [3.8, 4) is 5.75 Å². The Kier molecular flexibility index (Phi) is 7.70. The second-order valence-corrected chi connectivity index (χ2v) is 5.69. The third-order valence-corrected chi connectivity index (χ3v) is 3.52. The van der Waals surface area contributed by atoms with Crippen molar-refractivity contribution in [2.45, 2.75) is 6.61 Å². The molecule has 0 aliphatic carbocycles. The minimum Gasteiger partial charge on any atom is -0.454 e. The molecule has 0 spiro atoms. The Balaban J connectivity index is 1.75. The molecule has 2 rings (SSSR count). The summed E-state index contributed by atoms with van der Waals surface area (Å²) in [5, 5.41) is 4.62. The molecule has 0 heterocycles. The number of benzene rings is 2. The number of alkyl halides is 2. The van der Waals surface area contributed by atoms with E-state index in [4.69, 9.17) is 16.3 Å². The SMILES string of the molecule is O=C(COC(=O)CNC(=O)c1ccccc1)Nc1ccc(OC(F)F)c(Cl)c1. The van der Waals surface area contributed by atoms with Crippen LogP contribution in [0.3, 0.4) is 0 Å². The molecule has 0 aliphatic heterocycles. The van der Waals surface area contributed by atoms with Gasteiger partial charge in [0.15, 0.2) is 6.61 Å². The van der Waals surface area contributed by atoms with Gasteiger partial charge in [-0.05, 0) is 30.3 Å². The largest absolute Gasteiger partial charge is 0.454 e. The van der Waals surface area contributed by atoms with Crippen LogP contribution in [0.4, 0.5) is 14.5 Å². The smallest absolute Gasteiger partial charge is 0.387 e. The summed E-state index contributed by atoms with van der Waals surface area (Å²) < 4.78 is 33.3. The molecule has 2 aromatic rings. The van der Waals surface area contributed by atoms with Crippen molar-refractivity contribution < 1.29 is 32.6 Å². The molecule has 0 radical (unpaired) electrons. The third kappa shape index (κ3) is 6.84. The molecule has 148 valence electrons. The molecule has 2 amide bonds. The van der Waals surface area contributed by atoms with Gasteiger partial charge in [0.05, 0.1) is 5.02 Å². The molecule has 0 atom stereocenters. The zero-order chi connectivity index (χ0) is 20.5. The number of nitrogens with one attached hydrogen (secondary N) is 2. The molecule has 28 heavy (non-hydrogen) atoms. The van der Waals surface area contributed by atoms with Crippen LogP contribution >= 0.6 is 11.6 Å². The Morgan fingerprint density at radius 2 is 1.79 bits per heavy atom. The average molecular weight is 413 g/mol. The van der Waals surface area contributed by atoms with Crippen LogP contribution in [-0.2, 0) is 14.3 Å². The van der Waals surface area contributed by atoms with Gasteiger partial charge in [-0.1, -0.05) is 29.8 Å². The molecule has 2 aromatic carbocycles. The first kappa shape index (κ1) is 21.1. The highest BCUT2D eigenvalue weighted by Gasteiger charge is 2.13. The van der Waals surface area contributed by atoms with Crippen LogP contribution in [0, 0.1) is 0 Å². The van der Waals surface area contributed by atoms with E-state index < -0.39 is 37.5 Å². The number of amides is 2. The predicted molar refractivity (Wildman–Crippen MR) is 96.4 cm³/mol. The number of esters is 1. The van der Waals surface area contributed by atoms with Gasteiger partial charge in [-0.15, -0.1) is 0 Å². The lowest BCUT2D eigenvalue weighted by Gasteiger charge is -2.10. The number of anilines is 1. The molecule has 0 saturated carbocycles. The Morgan fingerprint density at radius 3 is 2.43 bits per heavy atom. The molecule has 0 saturated heterocycles. The minimum atomic E-state index is -3.03. The highest BCUT2D eigenvalue weighted by molar-refractivity contribution is 6.32. The van der Waals surface area contributed by atoms with Crippen molar-refractivity contribution in [2.75, 3.05) is 18.5 Å². The Hall–Kier alpha value is -3.20. The van der Waals surface area contributed by atoms with Crippen molar-refractivity contribution in [1.29, 1.82) is 0 Å². The fourth-order valence-electron chi connectivity index (χ4n) is 2.01. The van der Waals surface area contributed by atoms with Gasteiger partial charge in [0, 0.05) is 11.3 Å². The number of halogens is 3. The standard InChI is InChI=1S/C18H15ClF2N2O5/c19-13-8-12(6-7-14(13)28-18(20)21)23-15(24)10-27-16(25)9-22-17(26)11-4-2-1-3-5-11/h1-8,18H,9-10H2,(H,22,26)(H,23,24). The lowest BCUT2D eigenvalue weighted by Crippen LogP contribution is -2.32. The molecule has 7 nitrogen and oxygen atoms in total. The fourth-order valence-corrected chi connectivity index (χ4v) is 2.23. The van der Waals surface area contributed by atoms with Gasteiger partial charge in [-0.2, -0.15) is 8.78 Å². The van der Waals surface area contributed by atoms with Crippen molar-refractivity contribution in [1.82, 2.24) is 5.32 Å². The van der Waals surface area contributed by atoms with Gasteiger partial charge in [0.1, 0.15) is 12.3 Å². The number of hydrogen-bond acceptors (Lipinski definition) is 5. The first-order valence-electron chi connectivity index (χ1n) is 7.88. The van der Waals surface area contributed by atoms with Gasteiger partial charge in [0.2, 0.25) is 0 Å². The molecule has 10 heteroatoms.